The van der Waals surface area contributed by atoms with Crippen LogP contribution in [0.1, 0.15) is 28.5 Å². The van der Waals surface area contributed by atoms with Crippen molar-refractivity contribution in [3.63, 3.8) is 0 Å². The Hall–Kier alpha value is -1.29. The molecule has 2 nitrogen and oxygen atoms in total. The van der Waals surface area contributed by atoms with Gasteiger partial charge in [0.25, 0.3) is 0 Å². The third-order valence-corrected chi connectivity index (χ3v) is 5.19. The van der Waals surface area contributed by atoms with E-state index >= 15 is 0 Å². The van der Waals surface area contributed by atoms with E-state index in [1.54, 1.807) is 0 Å². The number of hydrogen-bond acceptors (Lipinski definition) is 2. The molecular weight excluding hydrogens is 350 g/mol. The maximum atomic E-state index is 6.37. The Balaban J connectivity index is 2.08. The smallest absolute Gasteiger partial charge is 0.152 e. The third-order valence-electron chi connectivity index (χ3n) is 3.64. The zero-order valence-electron chi connectivity index (χ0n) is 11.8. The van der Waals surface area contributed by atoms with Crippen LogP contribution in [0, 0.1) is 13.8 Å². The standard InChI is InChI=1S/C17H15BrClNO/c1-9-6-12(7-10(2)15(9)18)16(20)14-8-11-4-3-5-13(19)17(11)21-14/h3-8,16H,20H2,1-2H3. The molecule has 2 aromatic carbocycles. The molecule has 1 heterocycles. The van der Waals surface area contributed by atoms with E-state index in [9.17, 15) is 0 Å². The fourth-order valence-corrected chi connectivity index (χ4v) is 2.97. The summed E-state index contributed by atoms with van der Waals surface area (Å²) in [6.45, 7) is 4.12. The van der Waals surface area contributed by atoms with Gasteiger partial charge >= 0.3 is 0 Å². The van der Waals surface area contributed by atoms with Gasteiger partial charge in [0, 0.05) is 9.86 Å². The number of para-hydroxylation sites is 1. The normalized spacial score (nSPS) is 12.8. The Kier molecular flexibility index (Phi) is 3.82. The molecule has 2 N–H and O–H groups in total. The number of benzene rings is 2. The number of fused-ring (bicyclic) bond motifs is 1. The van der Waals surface area contributed by atoms with Gasteiger partial charge in [0.2, 0.25) is 0 Å². The van der Waals surface area contributed by atoms with E-state index in [1.165, 1.54) is 0 Å². The summed E-state index contributed by atoms with van der Waals surface area (Å²) in [6, 6.07) is 11.5. The minimum atomic E-state index is -0.307. The third kappa shape index (κ3) is 2.61. The van der Waals surface area contributed by atoms with Crippen LogP contribution in [0.4, 0.5) is 0 Å². The molecule has 0 aliphatic carbocycles. The molecule has 3 aromatic rings. The van der Waals surface area contributed by atoms with Gasteiger partial charge in [0.15, 0.2) is 5.58 Å². The maximum Gasteiger partial charge on any atom is 0.152 e. The van der Waals surface area contributed by atoms with E-state index in [4.69, 9.17) is 21.8 Å². The highest BCUT2D eigenvalue weighted by Crippen LogP contribution is 2.32. The number of furan rings is 1. The van der Waals surface area contributed by atoms with Gasteiger partial charge in [-0.3, -0.25) is 0 Å². The Morgan fingerprint density at radius 1 is 1.14 bits per heavy atom. The number of aryl methyl sites for hydroxylation is 2. The number of rotatable bonds is 2. The predicted molar refractivity (Wildman–Crippen MR) is 90.9 cm³/mol. The molecule has 0 spiro atoms. The Morgan fingerprint density at radius 3 is 2.43 bits per heavy atom. The quantitative estimate of drug-likeness (QED) is 0.651. The zero-order chi connectivity index (χ0) is 15.1. The van der Waals surface area contributed by atoms with Crippen LogP contribution in [0.25, 0.3) is 11.0 Å². The van der Waals surface area contributed by atoms with Crippen LogP contribution in [0.2, 0.25) is 5.02 Å². The molecule has 0 fully saturated rings. The van der Waals surface area contributed by atoms with Gasteiger partial charge in [-0.25, -0.2) is 0 Å². The highest BCUT2D eigenvalue weighted by atomic mass is 79.9. The monoisotopic (exact) mass is 363 g/mol. The number of halogens is 2. The number of hydrogen-bond donors (Lipinski definition) is 1. The molecule has 1 unspecified atom stereocenters. The Morgan fingerprint density at radius 2 is 1.81 bits per heavy atom. The van der Waals surface area contributed by atoms with Gasteiger partial charge < -0.3 is 10.2 Å². The van der Waals surface area contributed by atoms with Crippen molar-refractivity contribution in [2.75, 3.05) is 0 Å². The summed E-state index contributed by atoms with van der Waals surface area (Å²) in [7, 11) is 0. The molecule has 4 heteroatoms. The van der Waals surface area contributed by atoms with Gasteiger partial charge in [-0.05, 0) is 42.7 Å². The van der Waals surface area contributed by atoms with Crippen molar-refractivity contribution < 1.29 is 4.42 Å². The Bertz CT molecular complexity index is 802. The first-order chi connectivity index (χ1) is 9.97. The molecule has 0 aliphatic rings. The molecule has 3 rings (SSSR count). The van der Waals surface area contributed by atoms with Gasteiger partial charge in [-0.1, -0.05) is 51.8 Å². The molecule has 108 valence electrons. The summed E-state index contributed by atoms with van der Waals surface area (Å²) < 4.78 is 6.97. The van der Waals surface area contributed by atoms with Crippen molar-refractivity contribution in [3.05, 3.63) is 68.3 Å². The van der Waals surface area contributed by atoms with Crippen molar-refractivity contribution >= 4 is 38.5 Å². The first-order valence-electron chi connectivity index (χ1n) is 6.67. The average molecular weight is 365 g/mol. The van der Waals surface area contributed by atoms with E-state index in [0.717, 1.165) is 32.3 Å². The molecule has 1 atom stereocenters. The minimum absolute atomic E-state index is 0.307. The van der Waals surface area contributed by atoms with Gasteiger partial charge in [0.1, 0.15) is 5.76 Å². The SMILES string of the molecule is Cc1cc(C(N)c2cc3cccc(Cl)c3o2)cc(C)c1Br. The lowest BCUT2D eigenvalue weighted by molar-refractivity contribution is 0.525. The van der Waals surface area contributed by atoms with Crippen molar-refractivity contribution in [1.29, 1.82) is 0 Å². The summed E-state index contributed by atoms with van der Waals surface area (Å²) in [6.07, 6.45) is 0. The van der Waals surface area contributed by atoms with Crippen molar-refractivity contribution in [3.8, 4) is 0 Å². The lowest BCUT2D eigenvalue weighted by Gasteiger charge is -2.13. The van der Waals surface area contributed by atoms with E-state index in [2.05, 4.69) is 41.9 Å². The van der Waals surface area contributed by atoms with Crippen LogP contribution in [0.15, 0.2) is 45.3 Å². The summed E-state index contributed by atoms with van der Waals surface area (Å²) in [5.41, 5.74) is 10.4. The second-order valence-electron chi connectivity index (χ2n) is 5.25. The van der Waals surface area contributed by atoms with Crippen molar-refractivity contribution in [2.24, 2.45) is 5.73 Å². The molecule has 0 aliphatic heterocycles. The maximum absolute atomic E-state index is 6.37. The topological polar surface area (TPSA) is 39.2 Å². The fourth-order valence-electron chi connectivity index (χ4n) is 2.52. The van der Waals surface area contributed by atoms with E-state index < -0.39 is 0 Å². The zero-order valence-corrected chi connectivity index (χ0v) is 14.1. The molecule has 1 aromatic heterocycles. The van der Waals surface area contributed by atoms with Crippen LogP contribution >= 0.6 is 27.5 Å². The van der Waals surface area contributed by atoms with Gasteiger partial charge in [-0.2, -0.15) is 0 Å². The second-order valence-corrected chi connectivity index (χ2v) is 6.45. The Labute approximate surface area is 137 Å². The lowest BCUT2D eigenvalue weighted by Crippen LogP contribution is -2.11. The van der Waals surface area contributed by atoms with Crippen LogP contribution in [0.5, 0.6) is 0 Å². The van der Waals surface area contributed by atoms with E-state index in [1.807, 2.05) is 24.3 Å². The average Bonchev–Trinajstić information content (AvgIpc) is 2.89. The largest absolute Gasteiger partial charge is 0.457 e. The van der Waals surface area contributed by atoms with Gasteiger partial charge in [-0.15, -0.1) is 0 Å². The molecule has 0 saturated carbocycles. The predicted octanol–water partition coefficient (Wildman–Crippen LogP) is 5.51. The fraction of sp³-hybridized carbons (Fsp3) is 0.176. The van der Waals surface area contributed by atoms with E-state index in [0.29, 0.717) is 10.6 Å². The highest BCUT2D eigenvalue weighted by Gasteiger charge is 2.17. The summed E-state index contributed by atoms with van der Waals surface area (Å²) in [5.74, 6) is 0.722. The summed E-state index contributed by atoms with van der Waals surface area (Å²) >= 11 is 9.73. The summed E-state index contributed by atoms with van der Waals surface area (Å²) in [5, 5.41) is 1.58. The van der Waals surface area contributed by atoms with E-state index in [-0.39, 0.29) is 6.04 Å². The van der Waals surface area contributed by atoms with Crippen LogP contribution in [0.3, 0.4) is 0 Å². The molecule has 21 heavy (non-hydrogen) atoms. The molecule has 0 radical (unpaired) electrons. The highest BCUT2D eigenvalue weighted by molar-refractivity contribution is 9.10. The van der Waals surface area contributed by atoms with Crippen LogP contribution in [-0.4, -0.2) is 0 Å². The minimum Gasteiger partial charge on any atom is -0.457 e. The lowest BCUT2D eigenvalue weighted by atomic mass is 10.0. The second kappa shape index (κ2) is 5.48. The van der Waals surface area contributed by atoms with Crippen molar-refractivity contribution in [1.82, 2.24) is 0 Å². The van der Waals surface area contributed by atoms with Crippen LogP contribution in [-0.2, 0) is 0 Å². The number of nitrogens with two attached hydrogens (primary N) is 1. The molecule has 0 amide bonds. The first-order valence-corrected chi connectivity index (χ1v) is 7.84. The van der Waals surface area contributed by atoms with Gasteiger partial charge in [0.05, 0.1) is 11.1 Å². The molecule has 0 bridgehead atoms. The van der Waals surface area contributed by atoms with Crippen molar-refractivity contribution in [2.45, 2.75) is 19.9 Å². The first kappa shape index (κ1) is 14.6. The summed E-state index contributed by atoms with van der Waals surface area (Å²) in [4.78, 5) is 0. The molecular formula is C17H15BrClNO. The van der Waals surface area contributed by atoms with Crippen LogP contribution < -0.4 is 5.73 Å². The molecule has 0 saturated heterocycles.